The number of carbonyl (C=O) groups is 1. The van der Waals surface area contributed by atoms with E-state index in [1.165, 1.54) is 35.1 Å². The molecular formula is C26H30O5. The third-order valence-corrected chi connectivity index (χ3v) is 6.49. The molecule has 2 atom stereocenters. The lowest BCUT2D eigenvalue weighted by atomic mass is 9.76. The molecule has 2 unspecified atom stereocenters. The van der Waals surface area contributed by atoms with Gasteiger partial charge < -0.3 is 19.3 Å². The van der Waals surface area contributed by atoms with Crippen LogP contribution in [0.5, 0.6) is 17.2 Å². The Morgan fingerprint density at radius 2 is 1.45 bits per heavy atom. The highest BCUT2D eigenvalue weighted by Crippen LogP contribution is 2.38. The Morgan fingerprint density at radius 3 is 2.00 bits per heavy atom. The number of hydrogen-bond donors (Lipinski definition) is 1. The first-order chi connectivity index (χ1) is 15.0. The van der Waals surface area contributed by atoms with E-state index in [2.05, 4.69) is 12.1 Å². The number of methoxy groups -OCH3 is 3. The van der Waals surface area contributed by atoms with Crippen molar-refractivity contribution >= 4 is 11.9 Å². The number of aryl methyl sites for hydroxylation is 2. The van der Waals surface area contributed by atoms with Gasteiger partial charge in [-0.2, -0.15) is 0 Å². The standard InChI is InChI=1S/C26H30O5/c1-29-24-10-16(11-25(30-2)26(24)31-3)8-9-22(27)21-14-19-12-17-6-4-5-7-18(17)13-20(19)15-23(21)28/h8-13,21,23,28H,4-7,14-15H2,1-3H3. The zero-order chi connectivity index (χ0) is 22.0. The Morgan fingerprint density at radius 1 is 0.871 bits per heavy atom. The zero-order valence-corrected chi connectivity index (χ0v) is 18.4. The third-order valence-electron chi connectivity index (χ3n) is 6.49. The van der Waals surface area contributed by atoms with E-state index >= 15 is 0 Å². The van der Waals surface area contributed by atoms with Crippen LogP contribution in [-0.4, -0.2) is 38.3 Å². The summed E-state index contributed by atoms with van der Waals surface area (Å²) in [4.78, 5) is 13.0. The summed E-state index contributed by atoms with van der Waals surface area (Å²) in [6.07, 6.45) is 8.46. The summed E-state index contributed by atoms with van der Waals surface area (Å²) in [5.41, 5.74) is 6.02. The lowest BCUT2D eigenvalue weighted by molar-refractivity contribution is -0.121. The van der Waals surface area contributed by atoms with E-state index in [0.717, 1.165) is 18.4 Å². The van der Waals surface area contributed by atoms with Crippen LogP contribution in [0.15, 0.2) is 30.3 Å². The lowest BCUT2D eigenvalue weighted by Gasteiger charge is -2.30. The maximum atomic E-state index is 13.0. The number of carbonyl (C=O) groups excluding carboxylic acids is 1. The minimum absolute atomic E-state index is 0.0652. The number of aliphatic hydroxyl groups excluding tert-OH is 1. The summed E-state index contributed by atoms with van der Waals surface area (Å²) < 4.78 is 16.1. The van der Waals surface area contributed by atoms with Gasteiger partial charge in [0.2, 0.25) is 5.75 Å². The number of benzene rings is 2. The van der Waals surface area contributed by atoms with Crippen LogP contribution in [0.1, 0.15) is 40.7 Å². The van der Waals surface area contributed by atoms with Crippen LogP contribution in [0, 0.1) is 5.92 Å². The molecule has 5 heteroatoms. The topological polar surface area (TPSA) is 65.0 Å². The Hall–Kier alpha value is -2.79. The van der Waals surface area contributed by atoms with Crippen LogP contribution in [0.3, 0.4) is 0 Å². The van der Waals surface area contributed by atoms with Gasteiger partial charge in [0.1, 0.15) is 0 Å². The van der Waals surface area contributed by atoms with Crippen molar-refractivity contribution < 1.29 is 24.1 Å². The second kappa shape index (κ2) is 9.15. The molecule has 0 fully saturated rings. The van der Waals surface area contributed by atoms with Gasteiger partial charge in [0.25, 0.3) is 0 Å². The van der Waals surface area contributed by atoms with Gasteiger partial charge in [-0.15, -0.1) is 0 Å². The van der Waals surface area contributed by atoms with E-state index in [4.69, 9.17) is 14.2 Å². The highest BCUT2D eigenvalue weighted by atomic mass is 16.5. The molecule has 0 aromatic heterocycles. The number of hydrogen-bond acceptors (Lipinski definition) is 5. The molecule has 5 nitrogen and oxygen atoms in total. The first-order valence-electron chi connectivity index (χ1n) is 10.9. The van der Waals surface area contributed by atoms with Gasteiger partial charge in [0.15, 0.2) is 17.3 Å². The molecule has 0 heterocycles. The van der Waals surface area contributed by atoms with E-state index in [0.29, 0.717) is 30.1 Å². The maximum absolute atomic E-state index is 13.0. The van der Waals surface area contributed by atoms with Crippen molar-refractivity contribution in [1.29, 1.82) is 0 Å². The number of ketones is 1. The van der Waals surface area contributed by atoms with E-state index < -0.39 is 12.0 Å². The Balaban J connectivity index is 1.54. The summed E-state index contributed by atoms with van der Waals surface area (Å²) >= 11 is 0. The molecule has 0 saturated carbocycles. The third kappa shape index (κ3) is 4.33. The van der Waals surface area contributed by atoms with Crippen molar-refractivity contribution in [3.8, 4) is 17.2 Å². The SMILES string of the molecule is COc1cc(C=CC(=O)C2Cc3cc4c(cc3CC2O)CCCC4)cc(OC)c1OC. The molecule has 0 saturated heterocycles. The molecule has 0 amide bonds. The fraction of sp³-hybridized carbons (Fsp3) is 0.423. The summed E-state index contributed by atoms with van der Waals surface area (Å²) in [5, 5.41) is 10.7. The van der Waals surface area contributed by atoms with Gasteiger partial charge >= 0.3 is 0 Å². The predicted molar refractivity (Wildman–Crippen MR) is 120 cm³/mol. The number of ether oxygens (including phenoxy) is 3. The monoisotopic (exact) mass is 422 g/mol. The van der Waals surface area contributed by atoms with Gasteiger partial charge in [-0.25, -0.2) is 0 Å². The number of allylic oxidation sites excluding steroid dienone is 1. The maximum Gasteiger partial charge on any atom is 0.203 e. The van der Waals surface area contributed by atoms with Crippen LogP contribution in [0.25, 0.3) is 6.08 Å². The van der Waals surface area contributed by atoms with E-state index in [9.17, 15) is 9.90 Å². The van der Waals surface area contributed by atoms with Crippen molar-refractivity contribution in [3.05, 3.63) is 58.2 Å². The summed E-state index contributed by atoms with van der Waals surface area (Å²) in [6, 6.07) is 8.13. The second-order valence-electron chi connectivity index (χ2n) is 8.37. The molecule has 31 heavy (non-hydrogen) atoms. The molecule has 0 radical (unpaired) electrons. The van der Waals surface area contributed by atoms with Crippen LogP contribution in [0.2, 0.25) is 0 Å². The fourth-order valence-corrected chi connectivity index (χ4v) is 4.80. The smallest absolute Gasteiger partial charge is 0.203 e. The van der Waals surface area contributed by atoms with Crippen LogP contribution >= 0.6 is 0 Å². The zero-order valence-electron chi connectivity index (χ0n) is 18.4. The van der Waals surface area contributed by atoms with E-state index in [1.807, 2.05) is 0 Å². The minimum Gasteiger partial charge on any atom is -0.493 e. The predicted octanol–water partition coefficient (Wildman–Crippen LogP) is 3.95. The lowest BCUT2D eigenvalue weighted by Crippen LogP contribution is -2.35. The van der Waals surface area contributed by atoms with E-state index in [1.54, 1.807) is 45.6 Å². The average Bonchev–Trinajstić information content (AvgIpc) is 2.79. The largest absolute Gasteiger partial charge is 0.493 e. The molecule has 2 aliphatic carbocycles. The molecule has 0 spiro atoms. The van der Waals surface area contributed by atoms with Gasteiger partial charge in [0.05, 0.1) is 33.4 Å². The molecule has 0 bridgehead atoms. The molecule has 164 valence electrons. The quantitative estimate of drug-likeness (QED) is 0.714. The van der Waals surface area contributed by atoms with Gasteiger partial charge in [0, 0.05) is 0 Å². The highest BCUT2D eigenvalue weighted by Gasteiger charge is 2.32. The van der Waals surface area contributed by atoms with Crippen molar-refractivity contribution in [2.24, 2.45) is 5.92 Å². The van der Waals surface area contributed by atoms with Crippen molar-refractivity contribution in [1.82, 2.24) is 0 Å². The van der Waals surface area contributed by atoms with Crippen molar-refractivity contribution in [2.45, 2.75) is 44.6 Å². The highest BCUT2D eigenvalue weighted by molar-refractivity contribution is 5.96. The van der Waals surface area contributed by atoms with Crippen molar-refractivity contribution in [3.63, 3.8) is 0 Å². The van der Waals surface area contributed by atoms with E-state index in [-0.39, 0.29) is 5.78 Å². The van der Waals surface area contributed by atoms with Gasteiger partial charge in [-0.1, -0.05) is 18.2 Å². The second-order valence-corrected chi connectivity index (χ2v) is 8.37. The summed E-state index contributed by atoms with van der Waals surface area (Å²) in [7, 11) is 4.67. The molecule has 0 aliphatic heterocycles. The first-order valence-corrected chi connectivity index (χ1v) is 10.9. The number of aliphatic hydroxyl groups is 1. The first kappa shape index (κ1) is 21.4. The molecule has 2 aromatic rings. The number of fused-ring (bicyclic) bond motifs is 2. The van der Waals surface area contributed by atoms with Crippen molar-refractivity contribution in [2.75, 3.05) is 21.3 Å². The molecule has 4 rings (SSSR count). The van der Waals surface area contributed by atoms with Gasteiger partial charge in [-0.05, 0) is 84.6 Å². The Bertz CT molecular complexity index is 982. The van der Waals surface area contributed by atoms with Crippen LogP contribution in [0.4, 0.5) is 0 Å². The Labute approximate surface area is 183 Å². The molecular weight excluding hydrogens is 392 g/mol. The minimum atomic E-state index is -0.661. The van der Waals surface area contributed by atoms with Crippen LogP contribution < -0.4 is 14.2 Å². The average molecular weight is 423 g/mol. The fourth-order valence-electron chi connectivity index (χ4n) is 4.80. The summed E-state index contributed by atoms with van der Waals surface area (Å²) in [5.74, 6) is 1.09. The number of rotatable bonds is 6. The van der Waals surface area contributed by atoms with Gasteiger partial charge in [-0.3, -0.25) is 4.79 Å². The van der Waals surface area contributed by atoms with Crippen LogP contribution in [-0.2, 0) is 30.5 Å². The molecule has 2 aromatic carbocycles. The molecule has 1 N–H and O–H groups in total. The Kier molecular flexibility index (Phi) is 6.33. The normalized spacial score (nSPS) is 20.1. The molecule has 2 aliphatic rings. The summed E-state index contributed by atoms with van der Waals surface area (Å²) in [6.45, 7) is 0.